The highest BCUT2D eigenvalue weighted by Gasteiger charge is 2.21. The number of hydrogen-bond acceptors (Lipinski definition) is 5. The first-order valence-corrected chi connectivity index (χ1v) is 15.3. The Morgan fingerprint density at radius 2 is 1.57 bits per heavy atom. The predicted molar refractivity (Wildman–Crippen MR) is 178 cm³/mol. The lowest BCUT2D eigenvalue weighted by molar-refractivity contribution is -0.120. The van der Waals surface area contributed by atoms with Gasteiger partial charge in [-0.3, -0.25) is 14.4 Å². The highest BCUT2D eigenvalue weighted by atomic mass is 16.2. The number of aryl methyl sites for hydroxylation is 1. The molecule has 1 aromatic heterocycles. The summed E-state index contributed by atoms with van der Waals surface area (Å²) in [5.74, 6) is 0.0524. The topological polar surface area (TPSA) is 105 Å². The third kappa shape index (κ3) is 7.08. The van der Waals surface area contributed by atoms with Gasteiger partial charge in [0, 0.05) is 47.4 Å². The maximum absolute atomic E-state index is 13.1. The SMILES string of the molecule is Cc1c(NC(=O)c2ccc(C(C)(C)C)cc2)cccc1-c1cn(C)c(=O)c(Nc2cccc(NC(=O)C3CCCCC3)c2)n1. The zero-order valence-electron chi connectivity index (χ0n) is 26.2. The van der Waals surface area contributed by atoms with Crippen LogP contribution in [0.15, 0.2) is 77.7 Å². The quantitative estimate of drug-likeness (QED) is 0.206. The zero-order valence-corrected chi connectivity index (χ0v) is 26.2. The van der Waals surface area contributed by atoms with Gasteiger partial charge in [0.05, 0.1) is 5.69 Å². The maximum Gasteiger partial charge on any atom is 0.293 e. The molecule has 8 heteroatoms. The number of nitrogens with zero attached hydrogens (tertiary/aromatic N) is 2. The van der Waals surface area contributed by atoms with Gasteiger partial charge in [0.15, 0.2) is 5.82 Å². The molecule has 0 aliphatic heterocycles. The predicted octanol–water partition coefficient (Wildman–Crippen LogP) is 7.57. The molecular formula is C36H41N5O3. The van der Waals surface area contributed by atoms with E-state index < -0.39 is 0 Å². The van der Waals surface area contributed by atoms with E-state index in [1.165, 1.54) is 11.0 Å². The molecule has 0 atom stereocenters. The van der Waals surface area contributed by atoms with E-state index in [1.807, 2.05) is 73.7 Å². The maximum atomic E-state index is 13.1. The van der Waals surface area contributed by atoms with Gasteiger partial charge in [-0.05, 0) is 72.7 Å². The van der Waals surface area contributed by atoms with E-state index in [0.717, 1.165) is 42.4 Å². The highest BCUT2D eigenvalue weighted by Crippen LogP contribution is 2.30. The smallest absolute Gasteiger partial charge is 0.293 e. The van der Waals surface area contributed by atoms with Crippen molar-refractivity contribution in [1.82, 2.24) is 9.55 Å². The zero-order chi connectivity index (χ0) is 31.4. The van der Waals surface area contributed by atoms with E-state index in [9.17, 15) is 14.4 Å². The van der Waals surface area contributed by atoms with Crippen LogP contribution < -0.4 is 21.5 Å². The van der Waals surface area contributed by atoms with Crippen molar-refractivity contribution in [2.45, 2.75) is 65.2 Å². The Morgan fingerprint density at radius 3 is 2.27 bits per heavy atom. The van der Waals surface area contributed by atoms with E-state index in [4.69, 9.17) is 4.98 Å². The lowest BCUT2D eigenvalue weighted by atomic mass is 9.86. The first kappa shape index (κ1) is 30.7. The van der Waals surface area contributed by atoms with Gasteiger partial charge in [0.1, 0.15) is 0 Å². The first-order valence-electron chi connectivity index (χ1n) is 15.3. The van der Waals surface area contributed by atoms with Gasteiger partial charge < -0.3 is 20.5 Å². The molecule has 1 aliphatic carbocycles. The number of anilines is 4. The van der Waals surface area contributed by atoms with Crippen molar-refractivity contribution in [3.63, 3.8) is 0 Å². The molecule has 0 spiro atoms. The third-order valence-corrected chi connectivity index (χ3v) is 8.31. The number of rotatable bonds is 7. The summed E-state index contributed by atoms with van der Waals surface area (Å²) in [6.07, 6.45) is 6.90. The minimum Gasteiger partial charge on any atom is -0.336 e. The van der Waals surface area contributed by atoms with Crippen LogP contribution in [0.2, 0.25) is 0 Å². The molecular weight excluding hydrogens is 550 g/mol. The fourth-order valence-electron chi connectivity index (χ4n) is 5.60. The minimum atomic E-state index is -0.286. The second-order valence-corrected chi connectivity index (χ2v) is 12.7. The molecule has 5 rings (SSSR count). The molecule has 4 aromatic rings. The summed E-state index contributed by atoms with van der Waals surface area (Å²) in [7, 11) is 1.68. The number of nitrogens with one attached hydrogen (secondary N) is 3. The summed E-state index contributed by atoms with van der Waals surface area (Å²) < 4.78 is 1.49. The van der Waals surface area contributed by atoms with Crippen molar-refractivity contribution in [2.75, 3.05) is 16.0 Å². The molecule has 3 N–H and O–H groups in total. The lowest BCUT2D eigenvalue weighted by Gasteiger charge is -2.21. The fraction of sp³-hybridized carbons (Fsp3) is 0.333. The van der Waals surface area contributed by atoms with E-state index in [2.05, 4.69) is 36.7 Å². The van der Waals surface area contributed by atoms with Crippen LogP contribution >= 0.6 is 0 Å². The Bertz CT molecular complexity index is 1730. The standard InChI is InChI=1S/C36H41N5O3/c1-23-29(15-10-16-30(23)40-34(43)25-17-19-26(20-18-25)36(2,3)4)31-22-41(5)35(44)32(39-31)37-27-13-9-14-28(21-27)38-33(42)24-11-7-6-8-12-24/h9-10,13-22,24H,6-8,11-12H2,1-5H3,(H,37,39)(H,38,42)(H,40,43). The Balaban J connectivity index is 1.36. The summed E-state index contributed by atoms with van der Waals surface area (Å²) >= 11 is 0. The number of carbonyl (C=O) groups is 2. The van der Waals surface area contributed by atoms with Gasteiger partial charge in [-0.25, -0.2) is 4.98 Å². The van der Waals surface area contributed by atoms with Crippen molar-refractivity contribution >= 4 is 34.7 Å². The molecule has 0 bridgehead atoms. The largest absolute Gasteiger partial charge is 0.336 e. The number of hydrogen-bond donors (Lipinski definition) is 3. The van der Waals surface area contributed by atoms with Crippen LogP contribution in [0.3, 0.4) is 0 Å². The third-order valence-electron chi connectivity index (χ3n) is 8.31. The summed E-state index contributed by atoms with van der Waals surface area (Å²) in [6, 6.07) is 20.6. The molecule has 0 unspecified atom stereocenters. The van der Waals surface area contributed by atoms with Gasteiger partial charge >= 0.3 is 0 Å². The second kappa shape index (κ2) is 12.9. The molecule has 1 aliphatic rings. The average molecular weight is 592 g/mol. The first-order chi connectivity index (χ1) is 21.0. The normalized spacial score (nSPS) is 13.8. The summed E-state index contributed by atoms with van der Waals surface area (Å²) in [4.78, 5) is 43.6. The molecule has 8 nitrogen and oxygen atoms in total. The Kier molecular flexibility index (Phi) is 8.99. The Hall–Kier alpha value is -4.72. The van der Waals surface area contributed by atoms with Gasteiger partial charge in [-0.2, -0.15) is 0 Å². The van der Waals surface area contributed by atoms with Crippen LogP contribution in [0.4, 0.5) is 22.9 Å². The monoisotopic (exact) mass is 591 g/mol. The highest BCUT2D eigenvalue weighted by molar-refractivity contribution is 6.05. The van der Waals surface area contributed by atoms with Gasteiger partial charge in [-0.1, -0.05) is 70.4 Å². The molecule has 2 amide bonds. The average Bonchev–Trinajstić information content (AvgIpc) is 3.00. The van der Waals surface area contributed by atoms with E-state index >= 15 is 0 Å². The number of carbonyl (C=O) groups excluding carboxylic acids is 2. The van der Waals surface area contributed by atoms with Crippen LogP contribution in [0.1, 0.15) is 74.4 Å². The molecule has 1 heterocycles. The molecule has 3 aromatic carbocycles. The van der Waals surface area contributed by atoms with Gasteiger partial charge in [0.2, 0.25) is 5.91 Å². The second-order valence-electron chi connectivity index (χ2n) is 12.7. The van der Waals surface area contributed by atoms with Crippen molar-refractivity contribution in [1.29, 1.82) is 0 Å². The lowest BCUT2D eigenvalue weighted by Crippen LogP contribution is -2.24. The number of benzene rings is 3. The summed E-state index contributed by atoms with van der Waals surface area (Å²) in [6.45, 7) is 8.34. The van der Waals surface area contributed by atoms with Gasteiger partial charge in [0.25, 0.3) is 11.5 Å². The summed E-state index contributed by atoms with van der Waals surface area (Å²) in [5.41, 5.74) is 5.64. The Morgan fingerprint density at radius 1 is 0.886 bits per heavy atom. The fourth-order valence-corrected chi connectivity index (χ4v) is 5.60. The van der Waals surface area contributed by atoms with Crippen molar-refractivity contribution < 1.29 is 9.59 Å². The van der Waals surface area contributed by atoms with Crippen molar-refractivity contribution in [3.8, 4) is 11.3 Å². The number of aromatic nitrogens is 2. The van der Waals surface area contributed by atoms with E-state index in [0.29, 0.717) is 28.3 Å². The van der Waals surface area contributed by atoms with Crippen LogP contribution in [-0.2, 0) is 17.3 Å². The molecule has 0 saturated heterocycles. The van der Waals surface area contributed by atoms with Gasteiger partial charge in [-0.15, -0.1) is 0 Å². The van der Waals surface area contributed by atoms with E-state index in [-0.39, 0.29) is 34.5 Å². The van der Waals surface area contributed by atoms with Crippen molar-refractivity contribution in [3.05, 3.63) is 100.0 Å². The number of amides is 2. The van der Waals surface area contributed by atoms with Crippen molar-refractivity contribution in [2.24, 2.45) is 13.0 Å². The molecule has 228 valence electrons. The van der Waals surface area contributed by atoms with Crippen LogP contribution in [0.25, 0.3) is 11.3 Å². The molecule has 1 fully saturated rings. The van der Waals surface area contributed by atoms with Crippen LogP contribution in [0.5, 0.6) is 0 Å². The summed E-state index contributed by atoms with van der Waals surface area (Å²) in [5, 5.41) is 9.22. The minimum absolute atomic E-state index is 0.00365. The van der Waals surface area contributed by atoms with Crippen LogP contribution in [0, 0.1) is 12.8 Å². The van der Waals surface area contributed by atoms with Crippen LogP contribution in [-0.4, -0.2) is 21.4 Å². The molecule has 1 saturated carbocycles. The van der Waals surface area contributed by atoms with E-state index in [1.54, 1.807) is 13.2 Å². The molecule has 0 radical (unpaired) electrons. The Labute approximate surface area is 258 Å². The molecule has 44 heavy (non-hydrogen) atoms.